The fourth-order valence-electron chi connectivity index (χ4n) is 1.21. The molecule has 3 N–H and O–H groups in total. The molecule has 0 bridgehead atoms. The zero-order valence-corrected chi connectivity index (χ0v) is 9.68. The van der Waals surface area contributed by atoms with Crippen LogP contribution in [0.3, 0.4) is 0 Å². The summed E-state index contributed by atoms with van der Waals surface area (Å²) in [5.41, 5.74) is 0.00892. The molecule has 0 fully saturated rings. The summed E-state index contributed by atoms with van der Waals surface area (Å²) in [4.78, 5) is -0.172. The van der Waals surface area contributed by atoms with Crippen molar-refractivity contribution in [2.24, 2.45) is 0 Å². The minimum Gasteiger partial charge on any atom is -0.395 e. The Balaban J connectivity index is 3.10. The molecular weight excluding hydrogens is 244 g/mol. The van der Waals surface area contributed by atoms with Gasteiger partial charge in [0.1, 0.15) is 6.07 Å². The lowest BCUT2D eigenvalue weighted by Crippen LogP contribution is -2.40. The van der Waals surface area contributed by atoms with Crippen molar-refractivity contribution in [3.8, 4) is 6.07 Å². The first-order valence-corrected chi connectivity index (χ1v) is 6.26. The van der Waals surface area contributed by atoms with Crippen LogP contribution < -0.4 is 4.72 Å². The molecule has 1 rings (SSSR count). The van der Waals surface area contributed by atoms with Gasteiger partial charge in [0.2, 0.25) is 10.0 Å². The van der Waals surface area contributed by atoms with E-state index >= 15 is 0 Å². The van der Waals surface area contributed by atoms with Gasteiger partial charge in [0, 0.05) is 0 Å². The van der Waals surface area contributed by atoms with Crippen LogP contribution in [0.5, 0.6) is 0 Å². The number of nitrogens with one attached hydrogen (secondary N) is 1. The zero-order valence-electron chi connectivity index (χ0n) is 8.87. The number of nitrogens with zero attached hydrogens (tertiary/aromatic N) is 1. The average Bonchev–Trinajstić information content (AvgIpc) is 2.35. The summed E-state index contributed by atoms with van der Waals surface area (Å²) in [6, 6.07) is 6.48. The summed E-state index contributed by atoms with van der Waals surface area (Å²) in [7, 11) is -3.92. The van der Waals surface area contributed by atoms with Gasteiger partial charge in [-0.25, -0.2) is 13.1 Å². The molecule has 0 aliphatic carbocycles. The molecule has 0 radical (unpaired) electrons. The fourth-order valence-corrected chi connectivity index (χ4v) is 2.58. The standard InChI is InChI=1S/C10H12N2O4S/c11-5-8-3-1-2-4-10(8)17(15,16)12-9(6-13)7-14/h1-4,9,12-14H,6-7H2. The normalized spacial score (nSPS) is 11.4. The van der Waals surface area contributed by atoms with Crippen molar-refractivity contribution in [3.05, 3.63) is 29.8 Å². The van der Waals surface area contributed by atoms with Crippen LogP contribution in [-0.2, 0) is 10.0 Å². The first kappa shape index (κ1) is 13.6. The second-order valence-electron chi connectivity index (χ2n) is 3.29. The van der Waals surface area contributed by atoms with Crippen LogP contribution in [0.15, 0.2) is 29.2 Å². The number of aliphatic hydroxyl groups excluding tert-OH is 2. The first-order chi connectivity index (χ1) is 8.05. The molecule has 0 saturated carbocycles. The Labute approximate surface area is 99.2 Å². The molecule has 0 aromatic heterocycles. The Hall–Kier alpha value is -1.46. The van der Waals surface area contributed by atoms with E-state index in [0.29, 0.717) is 0 Å². The quantitative estimate of drug-likeness (QED) is 0.638. The lowest BCUT2D eigenvalue weighted by Gasteiger charge is -2.14. The van der Waals surface area contributed by atoms with Gasteiger partial charge in [0.05, 0.1) is 29.7 Å². The molecule has 17 heavy (non-hydrogen) atoms. The highest BCUT2D eigenvalue weighted by Gasteiger charge is 2.21. The average molecular weight is 256 g/mol. The lowest BCUT2D eigenvalue weighted by molar-refractivity contribution is 0.185. The lowest BCUT2D eigenvalue weighted by atomic mass is 10.2. The van der Waals surface area contributed by atoms with E-state index in [1.807, 2.05) is 0 Å². The largest absolute Gasteiger partial charge is 0.395 e. The van der Waals surface area contributed by atoms with E-state index in [4.69, 9.17) is 15.5 Å². The molecule has 1 aromatic rings. The molecule has 0 saturated heterocycles. The predicted molar refractivity (Wildman–Crippen MR) is 59.4 cm³/mol. The summed E-state index contributed by atoms with van der Waals surface area (Å²) in [5.74, 6) is 0. The molecule has 0 aliphatic heterocycles. The minimum atomic E-state index is -3.92. The number of hydrogen-bond acceptors (Lipinski definition) is 5. The van der Waals surface area contributed by atoms with Gasteiger partial charge in [-0.1, -0.05) is 12.1 Å². The van der Waals surface area contributed by atoms with E-state index in [0.717, 1.165) is 0 Å². The van der Waals surface area contributed by atoms with Crippen LogP contribution in [0.4, 0.5) is 0 Å². The van der Waals surface area contributed by atoms with Crippen LogP contribution >= 0.6 is 0 Å². The number of hydrogen-bond donors (Lipinski definition) is 3. The maximum absolute atomic E-state index is 11.9. The van der Waals surface area contributed by atoms with Crippen molar-refractivity contribution in [2.75, 3.05) is 13.2 Å². The first-order valence-electron chi connectivity index (χ1n) is 4.78. The van der Waals surface area contributed by atoms with Gasteiger partial charge >= 0.3 is 0 Å². The van der Waals surface area contributed by atoms with Gasteiger partial charge in [-0.2, -0.15) is 5.26 Å². The van der Waals surface area contributed by atoms with Crippen molar-refractivity contribution >= 4 is 10.0 Å². The highest BCUT2D eigenvalue weighted by Crippen LogP contribution is 2.14. The molecular formula is C10H12N2O4S. The Morgan fingerprint density at radius 3 is 2.41 bits per heavy atom. The topological polar surface area (TPSA) is 110 Å². The molecule has 0 unspecified atom stereocenters. The van der Waals surface area contributed by atoms with Crippen molar-refractivity contribution in [1.82, 2.24) is 4.72 Å². The summed E-state index contributed by atoms with van der Waals surface area (Å²) < 4.78 is 25.8. The molecule has 7 heteroatoms. The monoisotopic (exact) mass is 256 g/mol. The number of aliphatic hydroxyl groups is 2. The maximum atomic E-state index is 11.9. The van der Waals surface area contributed by atoms with E-state index in [-0.39, 0.29) is 10.5 Å². The Kier molecular flexibility index (Phi) is 4.60. The Morgan fingerprint density at radius 1 is 1.29 bits per heavy atom. The van der Waals surface area contributed by atoms with Gasteiger partial charge in [-0.05, 0) is 12.1 Å². The van der Waals surface area contributed by atoms with E-state index < -0.39 is 29.3 Å². The van der Waals surface area contributed by atoms with Crippen LogP contribution in [0.2, 0.25) is 0 Å². The predicted octanol–water partition coefficient (Wildman–Crippen LogP) is -0.810. The van der Waals surface area contributed by atoms with Crippen LogP contribution in [0.25, 0.3) is 0 Å². The van der Waals surface area contributed by atoms with Gasteiger partial charge in [-0.15, -0.1) is 0 Å². The van der Waals surface area contributed by atoms with Crippen LogP contribution in [0, 0.1) is 11.3 Å². The zero-order chi connectivity index (χ0) is 12.9. The van der Waals surface area contributed by atoms with Gasteiger partial charge < -0.3 is 10.2 Å². The van der Waals surface area contributed by atoms with Crippen LogP contribution in [-0.4, -0.2) is 37.9 Å². The van der Waals surface area contributed by atoms with E-state index in [1.165, 1.54) is 18.2 Å². The highest BCUT2D eigenvalue weighted by atomic mass is 32.2. The van der Waals surface area contributed by atoms with E-state index in [9.17, 15) is 8.42 Å². The maximum Gasteiger partial charge on any atom is 0.242 e. The molecule has 0 aliphatic rings. The summed E-state index contributed by atoms with van der Waals surface area (Å²) >= 11 is 0. The summed E-state index contributed by atoms with van der Waals surface area (Å²) in [5, 5.41) is 26.4. The minimum absolute atomic E-state index is 0.00892. The van der Waals surface area contributed by atoms with Crippen LogP contribution in [0.1, 0.15) is 5.56 Å². The number of sulfonamides is 1. The van der Waals surface area contributed by atoms with Gasteiger partial charge in [0.25, 0.3) is 0 Å². The van der Waals surface area contributed by atoms with Crippen molar-refractivity contribution in [1.29, 1.82) is 5.26 Å². The van der Waals surface area contributed by atoms with Gasteiger partial charge in [0.15, 0.2) is 0 Å². The molecule has 0 heterocycles. The Bertz CT molecular complexity index is 517. The third kappa shape index (κ3) is 3.25. The van der Waals surface area contributed by atoms with Crippen molar-refractivity contribution in [3.63, 3.8) is 0 Å². The molecule has 0 spiro atoms. The second-order valence-corrected chi connectivity index (χ2v) is 4.97. The van der Waals surface area contributed by atoms with Crippen molar-refractivity contribution < 1.29 is 18.6 Å². The SMILES string of the molecule is N#Cc1ccccc1S(=O)(=O)NC(CO)CO. The molecule has 6 nitrogen and oxygen atoms in total. The second kappa shape index (κ2) is 5.75. The fraction of sp³-hybridized carbons (Fsp3) is 0.300. The summed E-state index contributed by atoms with van der Waals surface area (Å²) in [6.07, 6.45) is 0. The Morgan fingerprint density at radius 2 is 1.88 bits per heavy atom. The third-order valence-electron chi connectivity index (χ3n) is 2.06. The third-order valence-corrected chi connectivity index (χ3v) is 3.64. The molecule has 0 atom stereocenters. The molecule has 0 amide bonds. The summed E-state index contributed by atoms with van der Waals surface area (Å²) in [6.45, 7) is -1.05. The molecule has 1 aromatic carbocycles. The number of rotatable bonds is 5. The highest BCUT2D eigenvalue weighted by molar-refractivity contribution is 7.89. The smallest absolute Gasteiger partial charge is 0.242 e. The van der Waals surface area contributed by atoms with Crippen molar-refractivity contribution in [2.45, 2.75) is 10.9 Å². The molecule has 92 valence electrons. The van der Waals surface area contributed by atoms with E-state index in [2.05, 4.69) is 4.72 Å². The number of nitriles is 1. The number of benzene rings is 1. The van der Waals surface area contributed by atoms with Gasteiger partial charge in [-0.3, -0.25) is 0 Å². The van der Waals surface area contributed by atoms with E-state index in [1.54, 1.807) is 12.1 Å².